The molecule has 2 N–H and O–H groups in total. The average Bonchev–Trinajstić information content (AvgIpc) is 4.11. The van der Waals surface area contributed by atoms with Crippen LogP contribution in [0, 0.1) is 28.1 Å². The van der Waals surface area contributed by atoms with Gasteiger partial charge in [-0.2, -0.15) is 10.4 Å². The van der Waals surface area contributed by atoms with Gasteiger partial charge in [0.2, 0.25) is 5.91 Å². The van der Waals surface area contributed by atoms with Crippen LogP contribution in [-0.2, 0) is 9.59 Å². The molecule has 2 aliphatic carbocycles. The molecule has 9 rings (SSSR count). The number of nitrogens with one attached hydrogen (secondary N) is 2. The fourth-order valence-electron chi connectivity index (χ4n) is 10.8. The maximum atomic E-state index is 13.6. The van der Waals surface area contributed by atoms with Gasteiger partial charge < -0.3 is 19.9 Å². The Hall–Kier alpha value is -5.45. The van der Waals surface area contributed by atoms with Crippen molar-refractivity contribution in [2.45, 2.75) is 90.3 Å². The van der Waals surface area contributed by atoms with Gasteiger partial charge in [0.1, 0.15) is 24.0 Å². The monoisotopic (exact) mass is 858 g/mol. The minimum Gasteiger partial charge on any atom is -0.489 e. The molecule has 4 heterocycles. The van der Waals surface area contributed by atoms with E-state index in [-0.39, 0.29) is 59.1 Å². The van der Waals surface area contributed by atoms with E-state index in [0.29, 0.717) is 33.2 Å². The third-order valence-corrected chi connectivity index (χ3v) is 14.5. The molecule has 0 unspecified atom stereocenters. The summed E-state index contributed by atoms with van der Waals surface area (Å²) < 4.78 is 7.72. The van der Waals surface area contributed by atoms with Crippen molar-refractivity contribution in [3.63, 3.8) is 0 Å². The van der Waals surface area contributed by atoms with Crippen LogP contribution in [-0.4, -0.2) is 90.4 Å². The van der Waals surface area contributed by atoms with Crippen LogP contribution in [0.5, 0.6) is 5.75 Å². The molecule has 14 heteroatoms. The molecule has 324 valence electrons. The number of nitriles is 1. The number of hydrogen-bond donors (Lipinski definition) is 2. The van der Waals surface area contributed by atoms with Gasteiger partial charge in [-0.25, -0.2) is 4.68 Å². The van der Waals surface area contributed by atoms with Crippen LogP contribution in [0.25, 0.3) is 10.8 Å². The number of piperidine rings is 2. The highest BCUT2D eigenvalue weighted by Gasteiger charge is 2.64. The Morgan fingerprint density at radius 2 is 1.53 bits per heavy atom. The van der Waals surface area contributed by atoms with Crippen molar-refractivity contribution in [3.05, 3.63) is 92.9 Å². The van der Waals surface area contributed by atoms with Gasteiger partial charge in [-0.05, 0) is 92.6 Å². The van der Waals surface area contributed by atoms with E-state index in [0.717, 1.165) is 94.0 Å². The van der Waals surface area contributed by atoms with E-state index in [9.17, 15) is 24.4 Å². The van der Waals surface area contributed by atoms with Crippen molar-refractivity contribution >= 4 is 51.5 Å². The second-order valence-corrected chi connectivity index (χ2v) is 19.6. The van der Waals surface area contributed by atoms with Gasteiger partial charge >= 0.3 is 0 Å². The molecular formula is C48H55ClN8O5. The Balaban J connectivity index is 0.754. The van der Waals surface area contributed by atoms with Crippen LogP contribution in [0.4, 0.5) is 11.4 Å². The number of fused-ring (bicyclic) bond motifs is 1. The molecule has 1 atom stereocenters. The van der Waals surface area contributed by atoms with E-state index >= 15 is 0 Å². The van der Waals surface area contributed by atoms with Crippen molar-refractivity contribution in [1.82, 2.24) is 25.3 Å². The maximum Gasteiger partial charge on any atom is 0.275 e. The number of aromatic nitrogens is 2. The molecule has 5 aliphatic rings. The van der Waals surface area contributed by atoms with Crippen LogP contribution in [0.1, 0.15) is 99.8 Å². The largest absolute Gasteiger partial charge is 0.489 e. The third kappa shape index (κ3) is 7.92. The number of imide groups is 1. The van der Waals surface area contributed by atoms with Crippen LogP contribution >= 0.6 is 11.6 Å². The highest BCUT2D eigenvalue weighted by molar-refractivity contribution is 6.31. The number of piperazine rings is 1. The number of carbonyl (C=O) groups is 3. The average molecular weight is 859 g/mol. The van der Waals surface area contributed by atoms with Crippen LogP contribution in [0.15, 0.2) is 65.5 Å². The molecule has 0 spiro atoms. The lowest BCUT2D eigenvalue weighted by atomic mass is 9.49. The maximum absolute atomic E-state index is 13.6. The van der Waals surface area contributed by atoms with E-state index in [1.165, 1.54) is 4.68 Å². The smallest absolute Gasteiger partial charge is 0.275 e. The lowest BCUT2D eigenvalue weighted by molar-refractivity contribution is -0.164. The first-order valence-electron chi connectivity index (χ1n) is 22.1. The molecule has 0 radical (unpaired) electrons. The van der Waals surface area contributed by atoms with E-state index in [1.54, 1.807) is 18.2 Å². The van der Waals surface area contributed by atoms with Gasteiger partial charge in [-0.3, -0.25) is 29.4 Å². The molecule has 3 saturated heterocycles. The molecule has 3 amide bonds. The highest BCUT2D eigenvalue weighted by atomic mass is 35.5. The van der Waals surface area contributed by atoms with Crippen molar-refractivity contribution in [3.8, 4) is 11.8 Å². The lowest BCUT2D eigenvalue weighted by Gasteiger charge is -2.63. The zero-order valence-electron chi connectivity index (χ0n) is 36.0. The predicted octanol–water partition coefficient (Wildman–Crippen LogP) is 6.43. The summed E-state index contributed by atoms with van der Waals surface area (Å²) >= 11 is 6.27. The summed E-state index contributed by atoms with van der Waals surface area (Å²) in [4.78, 5) is 59.0. The molecule has 3 aromatic carbocycles. The Morgan fingerprint density at radius 3 is 2.18 bits per heavy atom. The van der Waals surface area contributed by atoms with Crippen molar-refractivity contribution in [2.24, 2.45) is 16.7 Å². The Morgan fingerprint density at radius 1 is 0.855 bits per heavy atom. The van der Waals surface area contributed by atoms with E-state index in [1.807, 2.05) is 24.3 Å². The summed E-state index contributed by atoms with van der Waals surface area (Å²) in [6.45, 7) is 15.2. The molecule has 1 aromatic heterocycles. The van der Waals surface area contributed by atoms with Gasteiger partial charge in [0.05, 0.1) is 21.7 Å². The molecule has 3 aliphatic heterocycles. The van der Waals surface area contributed by atoms with Gasteiger partial charge in [0.15, 0.2) is 0 Å². The van der Waals surface area contributed by atoms with Crippen molar-refractivity contribution in [2.75, 3.05) is 55.6 Å². The quantitative estimate of drug-likeness (QED) is 0.171. The molecule has 5 fully saturated rings. The first-order valence-corrected chi connectivity index (χ1v) is 22.5. The minimum atomic E-state index is -0.770. The highest BCUT2D eigenvalue weighted by Crippen LogP contribution is 2.55. The number of rotatable bonds is 10. The van der Waals surface area contributed by atoms with Gasteiger partial charge in [0, 0.05) is 103 Å². The SMILES string of the molecule is CC1(C)[C@H](NC(=O)c2ccc(N3CCC(CN4CCN(c5ccc6c(=O)n([C@H]7CCC(=O)NC7=O)nc(C7CC7)c6c5)CC4)CC3)cc2)C(C)(C)[C@H]1Oc1ccc(C#N)c(Cl)c1. The van der Waals surface area contributed by atoms with E-state index in [2.05, 4.69) is 77.3 Å². The number of anilines is 2. The number of amides is 3. The summed E-state index contributed by atoms with van der Waals surface area (Å²) in [6, 6.07) is 20.3. The van der Waals surface area contributed by atoms with Gasteiger partial charge in [-0.1, -0.05) is 39.3 Å². The number of halogens is 1. The second-order valence-electron chi connectivity index (χ2n) is 19.2. The number of ether oxygens (including phenoxy) is 1. The predicted molar refractivity (Wildman–Crippen MR) is 239 cm³/mol. The minimum absolute atomic E-state index is 0.0988. The van der Waals surface area contributed by atoms with E-state index in [4.69, 9.17) is 21.4 Å². The number of carbonyl (C=O) groups excluding carboxylic acids is 3. The zero-order valence-corrected chi connectivity index (χ0v) is 36.7. The van der Waals surface area contributed by atoms with E-state index < -0.39 is 11.9 Å². The lowest BCUT2D eigenvalue weighted by Crippen LogP contribution is -2.74. The molecule has 0 bridgehead atoms. The summed E-state index contributed by atoms with van der Waals surface area (Å²) in [7, 11) is 0. The second kappa shape index (κ2) is 16.3. The summed E-state index contributed by atoms with van der Waals surface area (Å²) in [6.07, 6.45) is 4.56. The third-order valence-electron chi connectivity index (χ3n) is 14.2. The standard InChI is InChI=1S/C48H55ClN8O5/c1-47(2)45(48(3,4)46(47)62-35-13-9-32(27-50)38(49)26-35)52-42(59)31-7-10-33(11-8-31)55-19-17-29(18-20-55)28-54-21-23-56(24-22-54)34-12-14-36-37(25-34)41(30-5-6-30)53-57(44(36)61)39-15-16-40(58)51-43(39)60/h7-14,25-26,29-30,39,45-46H,5-6,15-24,28H2,1-4H3,(H,52,59)(H,51,58,60)/t39-,45-,46-/m0/s1. The zero-order chi connectivity index (χ0) is 43.5. The van der Waals surface area contributed by atoms with Crippen LogP contribution in [0.2, 0.25) is 5.02 Å². The fraction of sp³-hybridized carbons (Fsp3) is 0.500. The molecule has 13 nitrogen and oxygen atoms in total. The van der Waals surface area contributed by atoms with Gasteiger partial charge in [-0.15, -0.1) is 0 Å². The molecule has 4 aromatic rings. The Kier molecular flexibility index (Phi) is 11.0. The number of benzene rings is 3. The van der Waals surface area contributed by atoms with Crippen molar-refractivity contribution in [1.29, 1.82) is 5.26 Å². The summed E-state index contributed by atoms with van der Waals surface area (Å²) in [5.74, 6) is 0.640. The number of nitrogens with zero attached hydrogens (tertiary/aromatic N) is 6. The Labute approximate surface area is 367 Å². The molecule has 2 saturated carbocycles. The van der Waals surface area contributed by atoms with Crippen molar-refractivity contribution < 1.29 is 19.1 Å². The Bertz CT molecular complexity index is 2500. The number of hydrogen-bond acceptors (Lipinski definition) is 10. The van der Waals surface area contributed by atoms with Crippen LogP contribution in [0.3, 0.4) is 0 Å². The topological polar surface area (TPSA) is 153 Å². The molecular weight excluding hydrogens is 804 g/mol. The fourth-order valence-corrected chi connectivity index (χ4v) is 11.0. The first-order chi connectivity index (χ1) is 29.7. The first kappa shape index (κ1) is 41.9. The summed E-state index contributed by atoms with van der Waals surface area (Å²) in [5, 5.41) is 21.5. The van der Waals surface area contributed by atoms with Crippen LogP contribution < -0.4 is 30.7 Å². The normalized spacial score (nSPS) is 24.0. The molecule has 62 heavy (non-hydrogen) atoms. The summed E-state index contributed by atoms with van der Waals surface area (Å²) in [5.41, 5.74) is 3.18. The van der Waals surface area contributed by atoms with Gasteiger partial charge in [0.25, 0.3) is 17.4 Å².